The van der Waals surface area contributed by atoms with Gasteiger partial charge in [0.1, 0.15) is 49.6 Å². The van der Waals surface area contributed by atoms with Crippen LogP contribution in [0, 0.1) is 21.7 Å². The van der Waals surface area contributed by atoms with Crippen molar-refractivity contribution in [2.75, 3.05) is 116 Å². The second-order valence-corrected chi connectivity index (χ2v) is 36.8. The molecule has 688 valence electrons. The number of nitrogens with zero attached hydrogens (tertiary/aromatic N) is 15. The highest BCUT2D eigenvalue weighted by Gasteiger charge is 2.52. The van der Waals surface area contributed by atoms with Gasteiger partial charge in [0.15, 0.2) is 22.6 Å². The van der Waals surface area contributed by atoms with Gasteiger partial charge in [0, 0.05) is 136 Å². The Bertz CT molecular complexity index is 4260. The van der Waals surface area contributed by atoms with Crippen LogP contribution in [0.15, 0.2) is 120 Å². The first-order chi connectivity index (χ1) is 55.7. The van der Waals surface area contributed by atoms with Crippen LogP contribution in [-0.2, 0) is 45.4 Å². The first-order valence-electron chi connectivity index (χ1n) is 38.4. The fourth-order valence-corrected chi connectivity index (χ4v) is 20.8. The standard InChI is InChI=1S/C20H24Cl2N4O2S.3C19H25ClN6O2S.8H2S/c1-12-18(23)20(11-28-12)5-7-26(8-6-20)19-14(10-27)25-16(9-24-19)29-15-4-2-3-13(21)17(15)22;1-11-16(21)19(10-28-11)3-6-26(7-4-19)13-8-24-18(25-12(13)9-27)29-14-2-5-23-17(22)15(14)20;1-11-16(21)19(10-28-11)3-6-26(7-4-19)18-12(9-27)25-14(8-24-18)29-13-2-5-23-17(22)15(13)20;1-11-17(22)19(10-28-11)2-4-26(5-3-19)18-13(9-27)25-16(8-24-18)29-14-6-15(21)23-7-12(14)20;;;;;;;;/h2-4,9,12,18,27H,5-8,10-11,23H2,1H3;2*2,5,8,11,16,27H,3-4,6-7,9-10,21H2,1H3,(H2,22,23);6-8,11,17,27H,2-5,9-10,22H2,1H3,(H2,21,23);8*1H2/t12-,18+;2*11-,16+;11-,17+;;;;;;;;/m0000......../s1. The van der Waals surface area contributed by atoms with Gasteiger partial charge in [0.05, 0.1) is 139 Å². The van der Waals surface area contributed by atoms with E-state index in [1.165, 1.54) is 53.2 Å². The first-order valence-corrected chi connectivity index (χ1v) is 43.6. The number of nitrogen functional groups attached to an aromatic ring is 3. The largest absolute Gasteiger partial charge is 0.390 e. The zero-order valence-electron chi connectivity index (χ0n) is 68.8. The zero-order valence-corrected chi connectivity index (χ0v) is 83.8. The third-order valence-electron chi connectivity index (χ3n) is 23.9. The van der Waals surface area contributed by atoms with Crippen LogP contribution >= 0.6 is 213 Å². The van der Waals surface area contributed by atoms with Crippen LogP contribution < -0.4 is 59.7 Å². The molecule has 8 saturated heterocycles. The predicted molar refractivity (Wildman–Crippen MR) is 538 cm³/mol. The van der Waals surface area contributed by atoms with Gasteiger partial charge in [-0.1, -0.05) is 99.4 Å². The molecule has 15 heterocycles. The summed E-state index contributed by atoms with van der Waals surface area (Å²) in [5, 5.41) is 44.2. The van der Waals surface area contributed by atoms with E-state index in [0.717, 1.165) is 148 Å². The lowest BCUT2D eigenvalue weighted by Crippen LogP contribution is -2.51. The van der Waals surface area contributed by atoms with E-state index < -0.39 is 0 Å². The minimum absolute atomic E-state index is 0. The maximum Gasteiger partial charge on any atom is 0.192 e. The Morgan fingerprint density at radius 1 is 0.379 bits per heavy atom. The highest BCUT2D eigenvalue weighted by molar-refractivity contribution is 8.00. The molecule has 0 unspecified atom stereocenters. The number of hydrogen-bond donors (Lipinski definition) is 11. The van der Waals surface area contributed by atoms with Gasteiger partial charge in [-0.05, 0) is 121 Å². The third kappa shape index (κ3) is 25.2. The average Bonchev–Trinajstić information content (AvgIpc) is 1.61. The average molecular weight is 2040 g/mol. The van der Waals surface area contributed by atoms with Crippen LogP contribution in [0.25, 0.3) is 0 Å². The number of benzene rings is 1. The zero-order chi connectivity index (χ0) is 82.4. The molecule has 0 radical (unpaired) electrons. The number of piperidine rings is 4. The topological polar surface area (TPSA) is 455 Å². The van der Waals surface area contributed by atoms with Gasteiger partial charge >= 0.3 is 0 Å². The van der Waals surface area contributed by atoms with E-state index in [1.807, 2.05) is 39.8 Å². The number of ether oxygens (including phenoxy) is 4. The molecule has 0 amide bonds. The van der Waals surface area contributed by atoms with E-state index in [-0.39, 0.29) is 216 Å². The number of rotatable bonds is 16. The van der Waals surface area contributed by atoms with Crippen LogP contribution in [0.2, 0.25) is 25.1 Å². The quantitative estimate of drug-likeness (QED) is 0.0400. The molecule has 8 aromatic rings. The van der Waals surface area contributed by atoms with E-state index in [9.17, 15) is 20.4 Å². The number of hydrogen-bond acceptors (Lipinski definition) is 34. The molecule has 47 heteroatoms. The summed E-state index contributed by atoms with van der Waals surface area (Å²) in [6.07, 6.45) is 19.5. The summed E-state index contributed by atoms with van der Waals surface area (Å²) in [6, 6.07) is 10.9. The van der Waals surface area contributed by atoms with Crippen molar-refractivity contribution in [1.29, 1.82) is 0 Å². The number of aliphatic hydroxyl groups excluding tert-OH is 4. The maximum atomic E-state index is 9.90. The van der Waals surface area contributed by atoms with Crippen LogP contribution in [0.4, 0.5) is 40.6 Å². The number of nitrogens with two attached hydrogens (primary N) is 7. The van der Waals surface area contributed by atoms with Crippen LogP contribution in [-0.4, -0.2) is 203 Å². The molecule has 7 aromatic heterocycles. The first kappa shape index (κ1) is 111. The molecule has 8 aliphatic heterocycles. The van der Waals surface area contributed by atoms with Gasteiger partial charge in [-0.3, -0.25) is 0 Å². The van der Waals surface area contributed by atoms with Gasteiger partial charge in [0.25, 0.3) is 0 Å². The molecule has 0 saturated carbocycles. The summed E-state index contributed by atoms with van der Waals surface area (Å²) in [5.74, 6) is 3.08. The van der Waals surface area contributed by atoms with E-state index >= 15 is 0 Å². The van der Waals surface area contributed by atoms with Gasteiger partial charge in [-0.2, -0.15) is 108 Å². The minimum atomic E-state index is -0.190. The SMILES string of the molecule is C[C@@H]1OCC2(CCN(c3cnc(Sc4ccnc(N)c4Cl)nc3CO)CC2)[C@@H]1N.C[C@@H]1OCC2(CCN(c3ncc(Sc4cc(N)ncc4Cl)nc3CO)CC2)[C@@H]1N.C[C@@H]1OCC2(CCN(c3ncc(Sc4cccc(Cl)c4Cl)nc3CO)CC2)[C@@H]1N.C[C@@H]1OCC2(CCN(c3ncc(Sc4ccnc(N)c4Cl)nc3CO)CC2)[C@@H]1N.S.S.S.S.S.S.S.S. The van der Waals surface area contributed by atoms with E-state index in [2.05, 4.69) is 74.4 Å². The Morgan fingerprint density at radius 3 is 1.05 bits per heavy atom. The normalized spacial score (nSPS) is 22.1. The van der Waals surface area contributed by atoms with Gasteiger partial charge < -0.3 is 99.1 Å². The Hall–Kier alpha value is -3.24. The van der Waals surface area contributed by atoms with Crippen molar-refractivity contribution in [3.05, 3.63) is 128 Å². The van der Waals surface area contributed by atoms with E-state index in [0.29, 0.717) is 98.8 Å². The third-order valence-corrected chi connectivity index (χ3v) is 30.0. The lowest BCUT2D eigenvalue weighted by molar-refractivity contribution is 0.0973. The highest BCUT2D eigenvalue weighted by atomic mass is 35.5. The predicted octanol–water partition coefficient (Wildman–Crippen LogP) is 10.9. The fourth-order valence-electron chi connectivity index (χ4n) is 16.4. The van der Waals surface area contributed by atoms with Gasteiger partial charge in [0.2, 0.25) is 0 Å². The molecule has 4 spiro atoms. The Kier molecular flexibility index (Phi) is 44.4. The summed E-state index contributed by atoms with van der Waals surface area (Å²) in [6.45, 7) is 16.9. The summed E-state index contributed by atoms with van der Waals surface area (Å²) < 4.78 is 23.2. The Morgan fingerprint density at radius 2 is 0.710 bits per heavy atom. The smallest absolute Gasteiger partial charge is 0.192 e. The molecule has 0 bridgehead atoms. The lowest BCUT2D eigenvalue weighted by atomic mass is 9.73. The summed E-state index contributed by atoms with van der Waals surface area (Å²) in [5.41, 5.74) is 46.2. The number of anilines is 7. The monoisotopic (exact) mass is 2030 g/mol. The fraction of sp³-hybridized carbons (Fsp3) is 0.519. The van der Waals surface area contributed by atoms with Gasteiger partial charge in [-0.25, -0.2) is 54.8 Å². The van der Waals surface area contributed by atoms with Crippen molar-refractivity contribution in [1.82, 2.24) is 54.8 Å². The van der Waals surface area contributed by atoms with E-state index in [4.69, 9.17) is 117 Å². The Labute approximate surface area is 821 Å². The maximum absolute atomic E-state index is 9.90. The summed E-state index contributed by atoms with van der Waals surface area (Å²) in [4.78, 5) is 60.3. The molecule has 0 aliphatic carbocycles. The second kappa shape index (κ2) is 49.5. The second-order valence-electron chi connectivity index (χ2n) is 30.6. The van der Waals surface area contributed by atoms with Crippen LogP contribution in [0.5, 0.6) is 0 Å². The van der Waals surface area contributed by atoms with Crippen molar-refractivity contribution < 1.29 is 39.4 Å². The lowest BCUT2D eigenvalue weighted by Gasteiger charge is -2.42. The molecule has 16 rings (SSSR count). The van der Waals surface area contributed by atoms with Crippen molar-refractivity contribution in [2.24, 2.45) is 44.6 Å². The Balaban J connectivity index is 0.000000287. The van der Waals surface area contributed by atoms with Crippen molar-refractivity contribution >= 4 is 254 Å². The van der Waals surface area contributed by atoms with Crippen LogP contribution in [0.1, 0.15) is 102 Å². The molecule has 1 aromatic carbocycles. The van der Waals surface area contributed by atoms with E-state index in [1.54, 1.807) is 61.4 Å². The van der Waals surface area contributed by atoms with Crippen molar-refractivity contribution in [3.63, 3.8) is 0 Å². The molecule has 124 heavy (non-hydrogen) atoms. The summed E-state index contributed by atoms with van der Waals surface area (Å²) in [7, 11) is 0. The van der Waals surface area contributed by atoms with Gasteiger partial charge in [-0.15, -0.1) is 0 Å². The number of aromatic nitrogens is 11. The molecule has 8 aliphatic rings. The highest BCUT2D eigenvalue weighted by Crippen LogP contribution is 2.48. The number of aliphatic hydroxyl groups is 4. The molecular formula is C77H115Cl5N22O8S12. The number of halogens is 5. The molecule has 18 N–H and O–H groups in total. The minimum Gasteiger partial charge on any atom is -0.390 e. The molecule has 8 atom stereocenters. The molecule has 30 nitrogen and oxygen atoms in total. The van der Waals surface area contributed by atoms with Crippen molar-refractivity contribution in [3.8, 4) is 0 Å². The summed E-state index contributed by atoms with van der Waals surface area (Å²) >= 11 is 36.3. The number of pyridine rings is 3. The van der Waals surface area contributed by atoms with Crippen LogP contribution in [0.3, 0.4) is 0 Å². The van der Waals surface area contributed by atoms with Crippen molar-refractivity contribution in [2.45, 2.75) is 194 Å². The molecular weight excluding hydrogens is 1920 g/mol. The molecule has 8 fully saturated rings.